The average molecular weight is 213 g/mol. The van der Waals surface area contributed by atoms with Crippen LogP contribution in [0.1, 0.15) is 11.4 Å². The number of rotatable bonds is 3. The van der Waals surface area contributed by atoms with Gasteiger partial charge in [0.25, 0.3) is 0 Å². The Morgan fingerprint density at radius 3 is 2.19 bits per heavy atom. The van der Waals surface area contributed by atoms with Gasteiger partial charge in [0.15, 0.2) is 0 Å². The first kappa shape index (κ1) is 10.8. The van der Waals surface area contributed by atoms with Gasteiger partial charge < -0.3 is 5.73 Å². The first-order valence-corrected chi connectivity index (χ1v) is 5.37. The Kier molecular flexibility index (Phi) is 3.27. The van der Waals surface area contributed by atoms with Gasteiger partial charge in [-0.25, -0.2) is 9.97 Å². The predicted octanol–water partition coefficient (Wildman–Crippen LogP) is 1.95. The van der Waals surface area contributed by atoms with Gasteiger partial charge in [-0.05, 0) is 19.0 Å². The van der Waals surface area contributed by atoms with E-state index in [1.54, 1.807) is 0 Å². The summed E-state index contributed by atoms with van der Waals surface area (Å²) >= 11 is 0. The van der Waals surface area contributed by atoms with E-state index < -0.39 is 0 Å². The van der Waals surface area contributed by atoms with E-state index in [1.165, 1.54) is 5.56 Å². The predicted molar refractivity (Wildman–Crippen MR) is 65.0 cm³/mol. The summed E-state index contributed by atoms with van der Waals surface area (Å²) in [6, 6.07) is 8.33. The van der Waals surface area contributed by atoms with Crippen LogP contribution in [0.3, 0.4) is 0 Å². The molecule has 3 nitrogen and oxygen atoms in total. The molecule has 0 saturated carbocycles. The molecule has 0 aliphatic heterocycles. The maximum Gasteiger partial charge on any atom is 0.129 e. The monoisotopic (exact) mass is 213 g/mol. The molecule has 0 radical (unpaired) electrons. The zero-order valence-electron chi connectivity index (χ0n) is 9.35. The maximum absolute atomic E-state index is 5.45. The van der Waals surface area contributed by atoms with Crippen molar-refractivity contribution in [2.75, 3.05) is 6.54 Å². The summed E-state index contributed by atoms with van der Waals surface area (Å²) in [5, 5.41) is 0. The Morgan fingerprint density at radius 1 is 1.00 bits per heavy atom. The smallest absolute Gasteiger partial charge is 0.129 e. The normalized spacial score (nSPS) is 10.4. The van der Waals surface area contributed by atoms with Crippen LogP contribution < -0.4 is 5.73 Å². The molecule has 0 spiro atoms. The van der Waals surface area contributed by atoms with Gasteiger partial charge in [0.1, 0.15) is 5.82 Å². The van der Waals surface area contributed by atoms with Gasteiger partial charge in [0.05, 0.1) is 0 Å². The highest BCUT2D eigenvalue weighted by atomic mass is 14.9. The Morgan fingerprint density at radius 2 is 1.62 bits per heavy atom. The average Bonchev–Trinajstić information content (AvgIpc) is 2.32. The Bertz CT molecular complexity index is 446. The topological polar surface area (TPSA) is 51.8 Å². The van der Waals surface area contributed by atoms with Crippen molar-refractivity contribution in [3.8, 4) is 11.1 Å². The van der Waals surface area contributed by atoms with Crippen LogP contribution in [0.2, 0.25) is 0 Å². The van der Waals surface area contributed by atoms with Crippen molar-refractivity contribution in [2.45, 2.75) is 13.3 Å². The summed E-state index contributed by atoms with van der Waals surface area (Å²) in [7, 11) is 0. The summed E-state index contributed by atoms with van der Waals surface area (Å²) in [4.78, 5) is 8.55. The molecule has 2 aromatic rings. The van der Waals surface area contributed by atoms with E-state index in [-0.39, 0.29) is 0 Å². The lowest BCUT2D eigenvalue weighted by Gasteiger charge is -2.02. The molecule has 0 fully saturated rings. The fraction of sp³-hybridized carbons (Fsp3) is 0.231. The quantitative estimate of drug-likeness (QED) is 0.847. The molecule has 3 heteroatoms. The number of aromatic nitrogens is 2. The molecule has 82 valence electrons. The van der Waals surface area contributed by atoms with E-state index in [0.717, 1.165) is 23.4 Å². The maximum atomic E-state index is 5.45. The molecule has 1 aromatic carbocycles. The van der Waals surface area contributed by atoms with Crippen molar-refractivity contribution in [1.29, 1.82) is 0 Å². The first-order chi connectivity index (χ1) is 7.79. The Hall–Kier alpha value is -1.74. The second-order valence-corrected chi connectivity index (χ2v) is 3.79. The lowest BCUT2D eigenvalue weighted by Crippen LogP contribution is -2.06. The molecule has 2 rings (SSSR count). The summed E-state index contributed by atoms with van der Waals surface area (Å²) in [5.74, 6) is 0.804. The number of hydrogen-bond acceptors (Lipinski definition) is 3. The fourth-order valence-electron chi connectivity index (χ4n) is 1.51. The van der Waals surface area contributed by atoms with Crippen LogP contribution in [0, 0.1) is 6.92 Å². The van der Waals surface area contributed by atoms with Gasteiger partial charge in [-0.2, -0.15) is 0 Å². The third-order valence-electron chi connectivity index (χ3n) is 2.46. The molecule has 0 aliphatic rings. The van der Waals surface area contributed by atoms with Gasteiger partial charge in [-0.1, -0.05) is 29.8 Å². The van der Waals surface area contributed by atoms with E-state index in [0.29, 0.717) is 6.54 Å². The molecular weight excluding hydrogens is 198 g/mol. The second-order valence-electron chi connectivity index (χ2n) is 3.79. The number of nitrogens with two attached hydrogens (primary N) is 1. The van der Waals surface area contributed by atoms with Crippen LogP contribution in [-0.2, 0) is 6.42 Å². The molecular formula is C13H15N3. The molecule has 0 atom stereocenters. The fourth-order valence-corrected chi connectivity index (χ4v) is 1.51. The molecule has 0 amide bonds. The van der Waals surface area contributed by atoms with Crippen LogP contribution >= 0.6 is 0 Å². The third kappa shape index (κ3) is 2.44. The number of aryl methyl sites for hydroxylation is 1. The second kappa shape index (κ2) is 4.86. The van der Waals surface area contributed by atoms with Crippen LogP contribution in [0.4, 0.5) is 0 Å². The van der Waals surface area contributed by atoms with Gasteiger partial charge in [-0.15, -0.1) is 0 Å². The first-order valence-electron chi connectivity index (χ1n) is 5.37. The van der Waals surface area contributed by atoms with Crippen LogP contribution in [0.5, 0.6) is 0 Å². The van der Waals surface area contributed by atoms with E-state index in [4.69, 9.17) is 5.73 Å². The number of benzene rings is 1. The van der Waals surface area contributed by atoms with E-state index in [2.05, 4.69) is 41.2 Å². The lowest BCUT2D eigenvalue weighted by molar-refractivity contribution is 0.868. The molecule has 1 heterocycles. The molecule has 0 unspecified atom stereocenters. The molecule has 0 bridgehead atoms. The third-order valence-corrected chi connectivity index (χ3v) is 2.46. The van der Waals surface area contributed by atoms with E-state index >= 15 is 0 Å². The van der Waals surface area contributed by atoms with Gasteiger partial charge >= 0.3 is 0 Å². The Labute approximate surface area is 95.4 Å². The van der Waals surface area contributed by atoms with Gasteiger partial charge in [0, 0.05) is 24.4 Å². The summed E-state index contributed by atoms with van der Waals surface area (Å²) in [6.45, 7) is 2.66. The summed E-state index contributed by atoms with van der Waals surface area (Å²) in [5.41, 5.74) is 8.89. The van der Waals surface area contributed by atoms with E-state index in [9.17, 15) is 0 Å². The largest absolute Gasteiger partial charge is 0.330 e. The molecule has 0 aliphatic carbocycles. The highest BCUT2D eigenvalue weighted by molar-refractivity contribution is 5.61. The van der Waals surface area contributed by atoms with Crippen LogP contribution in [0.15, 0.2) is 36.7 Å². The lowest BCUT2D eigenvalue weighted by atomic mass is 10.1. The minimum atomic E-state index is 0.587. The summed E-state index contributed by atoms with van der Waals surface area (Å²) < 4.78 is 0. The van der Waals surface area contributed by atoms with Crippen molar-refractivity contribution >= 4 is 0 Å². The standard InChI is InChI=1S/C13H15N3/c1-10-2-4-11(5-3-10)12-8-15-13(6-7-14)16-9-12/h2-5,8-9H,6-7,14H2,1H3. The molecule has 16 heavy (non-hydrogen) atoms. The van der Waals surface area contributed by atoms with Crippen molar-refractivity contribution in [3.05, 3.63) is 48.0 Å². The zero-order valence-corrected chi connectivity index (χ0v) is 9.35. The van der Waals surface area contributed by atoms with Crippen LogP contribution in [-0.4, -0.2) is 16.5 Å². The highest BCUT2D eigenvalue weighted by Gasteiger charge is 1.99. The van der Waals surface area contributed by atoms with Crippen molar-refractivity contribution < 1.29 is 0 Å². The Balaban J connectivity index is 2.24. The van der Waals surface area contributed by atoms with Crippen LogP contribution in [0.25, 0.3) is 11.1 Å². The highest BCUT2D eigenvalue weighted by Crippen LogP contribution is 2.17. The van der Waals surface area contributed by atoms with Crippen molar-refractivity contribution in [1.82, 2.24) is 9.97 Å². The minimum absolute atomic E-state index is 0.587. The SMILES string of the molecule is Cc1ccc(-c2cnc(CCN)nc2)cc1. The van der Waals surface area contributed by atoms with Crippen molar-refractivity contribution in [2.24, 2.45) is 5.73 Å². The number of hydrogen-bond donors (Lipinski definition) is 1. The van der Waals surface area contributed by atoms with Crippen molar-refractivity contribution in [3.63, 3.8) is 0 Å². The molecule has 1 aromatic heterocycles. The summed E-state index contributed by atoms with van der Waals surface area (Å²) in [6.07, 6.45) is 4.43. The molecule has 2 N–H and O–H groups in total. The molecule has 0 saturated heterocycles. The van der Waals surface area contributed by atoms with E-state index in [1.807, 2.05) is 12.4 Å². The minimum Gasteiger partial charge on any atom is -0.330 e. The van der Waals surface area contributed by atoms with Gasteiger partial charge in [-0.3, -0.25) is 0 Å². The zero-order chi connectivity index (χ0) is 11.4. The number of nitrogens with zero attached hydrogens (tertiary/aromatic N) is 2. The van der Waals surface area contributed by atoms with Gasteiger partial charge in [0.2, 0.25) is 0 Å².